The maximum Gasteiger partial charge on any atom is 0.319 e. The van der Waals surface area contributed by atoms with Gasteiger partial charge in [-0.2, -0.15) is 0 Å². The minimum atomic E-state index is -0.448. The normalized spacial score (nSPS) is 12.1. The number of carbonyl (C=O) groups excluding carboxylic acids is 1. The average Bonchev–Trinajstić information content (AvgIpc) is 2.40. The fraction of sp³-hybridized carbons (Fsp3) is 0.500. The number of hydrogen-bond acceptors (Lipinski definition) is 3. The van der Waals surface area contributed by atoms with Crippen molar-refractivity contribution in [1.82, 2.24) is 5.32 Å². The molecule has 20 heavy (non-hydrogen) atoms. The topological polar surface area (TPSA) is 70.6 Å². The van der Waals surface area contributed by atoms with Crippen LogP contribution in [0.4, 0.5) is 14.9 Å². The summed E-state index contributed by atoms with van der Waals surface area (Å²) in [6, 6.07) is 3.43. The van der Waals surface area contributed by atoms with Crippen LogP contribution >= 0.6 is 0 Å². The fourth-order valence-corrected chi connectivity index (χ4v) is 1.60. The van der Waals surface area contributed by atoms with Crippen molar-refractivity contribution in [2.45, 2.75) is 26.4 Å². The van der Waals surface area contributed by atoms with Gasteiger partial charge in [0.25, 0.3) is 0 Å². The number of halogens is 1. The first-order valence-electron chi connectivity index (χ1n) is 6.50. The van der Waals surface area contributed by atoms with Crippen LogP contribution < -0.4 is 15.4 Å². The summed E-state index contributed by atoms with van der Waals surface area (Å²) in [7, 11) is 1.40. The first-order chi connectivity index (χ1) is 9.43. The lowest BCUT2D eigenvalue weighted by molar-refractivity contribution is 0.117. The first-order valence-corrected chi connectivity index (χ1v) is 6.50. The third-order valence-electron chi connectivity index (χ3n) is 2.91. The number of amides is 2. The number of hydrogen-bond donors (Lipinski definition) is 3. The van der Waals surface area contributed by atoms with Crippen molar-refractivity contribution in [2.75, 3.05) is 19.0 Å². The fourth-order valence-electron chi connectivity index (χ4n) is 1.60. The summed E-state index contributed by atoms with van der Waals surface area (Å²) >= 11 is 0. The van der Waals surface area contributed by atoms with Gasteiger partial charge in [0.15, 0.2) is 0 Å². The summed E-state index contributed by atoms with van der Waals surface area (Å²) in [5.41, 5.74) is 0.385. The van der Waals surface area contributed by atoms with Crippen molar-refractivity contribution in [3.05, 3.63) is 24.0 Å². The zero-order valence-electron chi connectivity index (χ0n) is 11.9. The molecule has 1 aromatic carbocycles. The van der Waals surface area contributed by atoms with Gasteiger partial charge in [-0.05, 0) is 24.5 Å². The molecule has 0 bridgehead atoms. The van der Waals surface area contributed by atoms with Gasteiger partial charge in [-0.3, -0.25) is 0 Å². The summed E-state index contributed by atoms with van der Waals surface area (Å²) in [4.78, 5) is 11.7. The number of benzene rings is 1. The molecule has 0 aromatic heterocycles. The maximum atomic E-state index is 13.0. The van der Waals surface area contributed by atoms with Crippen LogP contribution in [0.2, 0.25) is 0 Å². The van der Waals surface area contributed by atoms with Gasteiger partial charge in [0.2, 0.25) is 0 Å². The van der Waals surface area contributed by atoms with Gasteiger partial charge < -0.3 is 20.5 Å². The number of methoxy groups -OCH3 is 1. The third-order valence-corrected chi connectivity index (χ3v) is 2.91. The number of nitrogens with one attached hydrogen (secondary N) is 2. The molecule has 6 heteroatoms. The lowest BCUT2D eigenvalue weighted by Gasteiger charge is -2.15. The largest absolute Gasteiger partial charge is 0.494 e. The molecule has 0 radical (unpaired) electrons. The second-order valence-corrected chi connectivity index (χ2v) is 4.83. The highest BCUT2D eigenvalue weighted by atomic mass is 19.1. The molecule has 0 aliphatic rings. The molecule has 0 spiro atoms. The van der Waals surface area contributed by atoms with Gasteiger partial charge in [-0.15, -0.1) is 0 Å². The Hall–Kier alpha value is -1.82. The first kappa shape index (κ1) is 16.2. The lowest BCUT2D eigenvalue weighted by atomic mass is 10.0. The van der Waals surface area contributed by atoms with Gasteiger partial charge in [-0.25, -0.2) is 9.18 Å². The van der Waals surface area contributed by atoms with E-state index in [2.05, 4.69) is 10.6 Å². The SMILES string of the molecule is COc1cc(F)ccc1NC(=O)NCCC(O)C(C)C. The monoisotopic (exact) mass is 284 g/mol. The summed E-state index contributed by atoms with van der Waals surface area (Å²) in [6.45, 7) is 4.18. The number of aliphatic hydroxyl groups is 1. The molecule has 0 heterocycles. The van der Waals surface area contributed by atoms with E-state index in [9.17, 15) is 14.3 Å². The zero-order valence-corrected chi connectivity index (χ0v) is 11.9. The van der Waals surface area contributed by atoms with E-state index >= 15 is 0 Å². The van der Waals surface area contributed by atoms with Crippen molar-refractivity contribution in [2.24, 2.45) is 5.92 Å². The standard InChI is InChI=1S/C14H21FN2O3/c1-9(2)12(18)6-7-16-14(19)17-11-5-4-10(15)8-13(11)20-3/h4-5,8-9,12,18H,6-7H2,1-3H3,(H2,16,17,19). The Bertz CT molecular complexity index is 452. The Kier molecular flexibility index (Phi) is 6.24. The number of carbonyl (C=O) groups is 1. The van der Waals surface area contributed by atoms with E-state index in [4.69, 9.17) is 4.74 Å². The van der Waals surface area contributed by atoms with E-state index < -0.39 is 18.0 Å². The van der Waals surface area contributed by atoms with Crippen molar-refractivity contribution >= 4 is 11.7 Å². The van der Waals surface area contributed by atoms with E-state index in [0.29, 0.717) is 18.7 Å². The number of aliphatic hydroxyl groups excluding tert-OH is 1. The van der Waals surface area contributed by atoms with Crippen LogP contribution in [0.25, 0.3) is 0 Å². The van der Waals surface area contributed by atoms with Gasteiger partial charge in [0.1, 0.15) is 11.6 Å². The molecule has 0 fully saturated rings. The molecule has 3 N–H and O–H groups in total. The van der Waals surface area contributed by atoms with Gasteiger partial charge in [0, 0.05) is 12.6 Å². The molecule has 5 nitrogen and oxygen atoms in total. The van der Waals surface area contributed by atoms with Gasteiger partial charge in [0.05, 0.1) is 18.9 Å². The minimum Gasteiger partial charge on any atom is -0.494 e. The Morgan fingerprint density at radius 1 is 1.45 bits per heavy atom. The van der Waals surface area contributed by atoms with Crippen LogP contribution in [0.3, 0.4) is 0 Å². The number of anilines is 1. The highest BCUT2D eigenvalue weighted by Gasteiger charge is 2.11. The lowest BCUT2D eigenvalue weighted by Crippen LogP contribution is -2.32. The molecule has 0 aliphatic heterocycles. The molecule has 2 amide bonds. The molecule has 0 saturated heterocycles. The second kappa shape index (κ2) is 7.69. The summed E-state index contributed by atoms with van der Waals surface area (Å²) in [5.74, 6) is -0.0349. The molecule has 0 aliphatic carbocycles. The predicted molar refractivity (Wildman–Crippen MR) is 75.4 cm³/mol. The average molecular weight is 284 g/mol. The van der Waals surface area contributed by atoms with Crippen molar-refractivity contribution in [1.29, 1.82) is 0 Å². The molecule has 1 unspecified atom stereocenters. The summed E-state index contributed by atoms with van der Waals surface area (Å²) in [6.07, 6.45) is 0.0294. The Labute approximate surface area is 118 Å². The van der Waals surface area contributed by atoms with E-state index in [-0.39, 0.29) is 11.7 Å². The van der Waals surface area contributed by atoms with Crippen LogP contribution in [-0.2, 0) is 0 Å². The van der Waals surface area contributed by atoms with Crippen LogP contribution in [0.5, 0.6) is 5.75 Å². The van der Waals surface area contributed by atoms with E-state index in [0.717, 1.165) is 0 Å². The second-order valence-electron chi connectivity index (χ2n) is 4.83. The minimum absolute atomic E-state index is 0.150. The van der Waals surface area contributed by atoms with E-state index in [1.165, 1.54) is 25.3 Å². The van der Waals surface area contributed by atoms with Crippen molar-refractivity contribution in [3.8, 4) is 5.75 Å². The van der Waals surface area contributed by atoms with Crippen LogP contribution in [0.1, 0.15) is 20.3 Å². The predicted octanol–water partition coefficient (Wildman–Crippen LogP) is 2.36. The molecule has 112 valence electrons. The molecule has 0 saturated carbocycles. The van der Waals surface area contributed by atoms with E-state index in [1.807, 2.05) is 13.8 Å². The van der Waals surface area contributed by atoms with Gasteiger partial charge >= 0.3 is 6.03 Å². The Morgan fingerprint density at radius 2 is 2.15 bits per heavy atom. The van der Waals surface area contributed by atoms with Gasteiger partial charge in [-0.1, -0.05) is 13.8 Å². The van der Waals surface area contributed by atoms with Crippen molar-refractivity contribution < 1.29 is 19.0 Å². The molecule has 1 rings (SSSR count). The number of ether oxygens (including phenoxy) is 1. The Morgan fingerprint density at radius 3 is 2.75 bits per heavy atom. The summed E-state index contributed by atoms with van der Waals surface area (Å²) in [5, 5.41) is 14.8. The molecule has 1 aromatic rings. The highest BCUT2D eigenvalue weighted by Crippen LogP contribution is 2.24. The quantitative estimate of drug-likeness (QED) is 0.751. The molecule has 1 atom stereocenters. The van der Waals surface area contributed by atoms with Crippen LogP contribution in [0, 0.1) is 11.7 Å². The molecular formula is C14H21FN2O3. The number of rotatable bonds is 6. The maximum absolute atomic E-state index is 13.0. The van der Waals surface area contributed by atoms with Crippen LogP contribution in [-0.4, -0.2) is 30.9 Å². The summed E-state index contributed by atoms with van der Waals surface area (Å²) < 4.78 is 18.0. The molecular weight excluding hydrogens is 263 g/mol. The highest BCUT2D eigenvalue weighted by molar-refractivity contribution is 5.90. The third kappa shape index (κ3) is 5.05. The van der Waals surface area contributed by atoms with Crippen LogP contribution in [0.15, 0.2) is 18.2 Å². The van der Waals surface area contributed by atoms with E-state index in [1.54, 1.807) is 0 Å². The zero-order chi connectivity index (χ0) is 15.1. The number of urea groups is 1. The van der Waals surface area contributed by atoms with Crippen molar-refractivity contribution in [3.63, 3.8) is 0 Å². The Balaban J connectivity index is 2.46. The smallest absolute Gasteiger partial charge is 0.319 e.